The molecule has 21 heavy (non-hydrogen) atoms. The first-order chi connectivity index (χ1) is 9.97. The van der Waals surface area contributed by atoms with Crippen LogP contribution in [-0.4, -0.2) is 13.0 Å². The average Bonchev–Trinajstić information content (AvgIpc) is 2.75. The summed E-state index contributed by atoms with van der Waals surface area (Å²) in [4.78, 5) is 13.4. The van der Waals surface area contributed by atoms with E-state index in [4.69, 9.17) is 5.73 Å². The minimum absolute atomic E-state index is 0.0719. The van der Waals surface area contributed by atoms with E-state index in [1.54, 1.807) is 18.0 Å². The van der Waals surface area contributed by atoms with E-state index in [9.17, 15) is 9.18 Å². The van der Waals surface area contributed by atoms with Crippen molar-refractivity contribution < 1.29 is 9.18 Å². The number of amides is 1. The molecule has 1 atom stereocenters. The molecule has 3 nitrogen and oxygen atoms in total. The van der Waals surface area contributed by atoms with Crippen molar-refractivity contribution in [2.24, 2.45) is 5.73 Å². The van der Waals surface area contributed by atoms with Crippen LogP contribution in [0.15, 0.2) is 40.9 Å². The highest BCUT2D eigenvalue weighted by Gasteiger charge is 2.25. The number of hydrogen-bond donors (Lipinski definition) is 1. The predicted octanol–water partition coefficient (Wildman–Crippen LogP) is 3.16. The third-order valence-electron chi connectivity index (χ3n) is 3.83. The van der Waals surface area contributed by atoms with E-state index >= 15 is 0 Å². The first-order valence-electron chi connectivity index (χ1n) is 6.57. The van der Waals surface area contributed by atoms with Crippen LogP contribution in [0.25, 0.3) is 0 Å². The molecule has 0 fully saturated rings. The molecule has 0 aromatic heterocycles. The standard InChI is InChI=1S/C16H14BrFN2O/c1-20-14-5-2-9(6-10(14)7-15(20)21)16(19)12-8-11(18)3-4-13(12)17/h2-6,8,16H,7,19H2,1H3. The lowest BCUT2D eigenvalue weighted by molar-refractivity contribution is -0.117. The fourth-order valence-electron chi connectivity index (χ4n) is 2.62. The molecule has 1 aliphatic heterocycles. The summed E-state index contributed by atoms with van der Waals surface area (Å²) < 4.78 is 14.2. The van der Waals surface area contributed by atoms with Gasteiger partial charge in [-0.1, -0.05) is 28.1 Å². The second-order valence-corrected chi connectivity index (χ2v) is 6.02. The van der Waals surface area contributed by atoms with Gasteiger partial charge in [0.25, 0.3) is 0 Å². The maximum atomic E-state index is 13.4. The van der Waals surface area contributed by atoms with Gasteiger partial charge in [-0.3, -0.25) is 4.79 Å². The Kier molecular flexibility index (Phi) is 3.55. The van der Waals surface area contributed by atoms with Crippen LogP contribution in [0.2, 0.25) is 0 Å². The van der Waals surface area contributed by atoms with E-state index < -0.39 is 6.04 Å². The number of carbonyl (C=O) groups excluding carboxylic acids is 1. The maximum absolute atomic E-state index is 13.4. The number of benzene rings is 2. The molecule has 0 saturated heterocycles. The molecule has 2 aromatic carbocycles. The van der Waals surface area contributed by atoms with Crippen molar-refractivity contribution >= 4 is 27.5 Å². The summed E-state index contributed by atoms with van der Waals surface area (Å²) in [6.07, 6.45) is 0.386. The summed E-state index contributed by atoms with van der Waals surface area (Å²) in [7, 11) is 1.76. The largest absolute Gasteiger partial charge is 0.320 e. The zero-order valence-corrected chi connectivity index (χ0v) is 13.0. The lowest BCUT2D eigenvalue weighted by Gasteiger charge is -2.16. The highest BCUT2D eigenvalue weighted by Crippen LogP contribution is 2.33. The molecule has 0 bridgehead atoms. The van der Waals surface area contributed by atoms with Crippen LogP contribution in [0.5, 0.6) is 0 Å². The highest BCUT2D eigenvalue weighted by atomic mass is 79.9. The Morgan fingerprint density at radius 2 is 2.05 bits per heavy atom. The summed E-state index contributed by atoms with van der Waals surface area (Å²) >= 11 is 3.40. The van der Waals surface area contributed by atoms with Crippen molar-refractivity contribution in [2.75, 3.05) is 11.9 Å². The molecule has 1 unspecified atom stereocenters. The highest BCUT2D eigenvalue weighted by molar-refractivity contribution is 9.10. The molecule has 1 amide bonds. The van der Waals surface area contributed by atoms with E-state index in [1.165, 1.54) is 12.1 Å². The molecule has 2 N–H and O–H groups in total. The predicted molar refractivity (Wildman–Crippen MR) is 83.7 cm³/mol. The number of halogens is 2. The molecule has 0 aliphatic carbocycles. The Balaban J connectivity index is 2.00. The monoisotopic (exact) mass is 348 g/mol. The number of hydrogen-bond acceptors (Lipinski definition) is 2. The first-order valence-corrected chi connectivity index (χ1v) is 7.36. The van der Waals surface area contributed by atoms with Gasteiger partial charge >= 0.3 is 0 Å². The van der Waals surface area contributed by atoms with Crippen molar-refractivity contribution in [3.8, 4) is 0 Å². The fourth-order valence-corrected chi connectivity index (χ4v) is 3.11. The van der Waals surface area contributed by atoms with Gasteiger partial charge in [0.2, 0.25) is 5.91 Å². The zero-order valence-electron chi connectivity index (χ0n) is 11.4. The van der Waals surface area contributed by atoms with Gasteiger partial charge in [-0.15, -0.1) is 0 Å². The van der Waals surface area contributed by atoms with Gasteiger partial charge < -0.3 is 10.6 Å². The number of rotatable bonds is 2. The van der Waals surface area contributed by atoms with Crippen molar-refractivity contribution in [3.05, 3.63) is 63.4 Å². The third kappa shape index (κ3) is 2.47. The topological polar surface area (TPSA) is 46.3 Å². The SMILES string of the molecule is CN1C(=O)Cc2cc(C(N)c3cc(F)ccc3Br)ccc21. The van der Waals surface area contributed by atoms with Crippen molar-refractivity contribution in [1.82, 2.24) is 0 Å². The van der Waals surface area contributed by atoms with Gasteiger partial charge in [0.1, 0.15) is 5.82 Å². The molecule has 3 rings (SSSR count). The molecule has 0 saturated carbocycles. The van der Waals surface area contributed by atoms with Crippen molar-refractivity contribution in [2.45, 2.75) is 12.5 Å². The van der Waals surface area contributed by atoms with Crippen molar-refractivity contribution in [1.29, 1.82) is 0 Å². The number of nitrogens with zero attached hydrogens (tertiary/aromatic N) is 1. The lowest BCUT2D eigenvalue weighted by Crippen LogP contribution is -2.20. The molecule has 2 aromatic rings. The zero-order chi connectivity index (χ0) is 15.1. The molecular formula is C16H14BrFN2O. The molecule has 0 radical (unpaired) electrons. The van der Waals surface area contributed by atoms with E-state index in [0.29, 0.717) is 12.0 Å². The Bertz CT molecular complexity index is 732. The van der Waals surface area contributed by atoms with E-state index in [1.807, 2.05) is 18.2 Å². The maximum Gasteiger partial charge on any atom is 0.231 e. The van der Waals surface area contributed by atoms with Crippen LogP contribution in [-0.2, 0) is 11.2 Å². The molecule has 5 heteroatoms. The number of fused-ring (bicyclic) bond motifs is 1. The molecule has 1 aliphatic rings. The number of carbonyl (C=O) groups is 1. The average molecular weight is 349 g/mol. The van der Waals surface area contributed by atoms with Crippen LogP contribution in [0, 0.1) is 5.82 Å². The van der Waals surface area contributed by atoms with Crippen LogP contribution in [0.4, 0.5) is 10.1 Å². The molecule has 1 heterocycles. The first kappa shape index (κ1) is 14.2. The quantitative estimate of drug-likeness (QED) is 0.905. The van der Waals surface area contributed by atoms with Gasteiger partial charge in [0.15, 0.2) is 0 Å². The smallest absolute Gasteiger partial charge is 0.231 e. The van der Waals surface area contributed by atoms with Crippen LogP contribution in [0.1, 0.15) is 22.7 Å². The Hall–Kier alpha value is -1.72. The lowest BCUT2D eigenvalue weighted by atomic mass is 9.97. The fraction of sp³-hybridized carbons (Fsp3) is 0.188. The Labute approximate surface area is 130 Å². The van der Waals surface area contributed by atoms with Crippen LogP contribution < -0.4 is 10.6 Å². The van der Waals surface area contributed by atoms with Gasteiger partial charge in [-0.05, 0) is 41.0 Å². The van der Waals surface area contributed by atoms with Crippen molar-refractivity contribution in [3.63, 3.8) is 0 Å². The van der Waals surface area contributed by atoms with Gasteiger partial charge in [0.05, 0.1) is 12.5 Å². The van der Waals surface area contributed by atoms with Gasteiger partial charge in [0, 0.05) is 17.2 Å². The third-order valence-corrected chi connectivity index (χ3v) is 4.56. The molecule has 0 spiro atoms. The molecule has 108 valence electrons. The summed E-state index contributed by atoms with van der Waals surface area (Å²) in [5.41, 5.74) is 9.68. The minimum Gasteiger partial charge on any atom is -0.320 e. The Morgan fingerprint density at radius 3 is 2.81 bits per heavy atom. The molecular weight excluding hydrogens is 335 g/mol. The summed E-state index contributed by atoms with van der Waals surface area (Å²) in [5.74, 6) is -0.248. The van der Waals surface area contributed by atoms with E-state index in [0.717, 1.165) is 21.3 Å². The van der Waals surface area contributed by atoms with E-state index in [2.05, 4.69) is 15.9 Å². The summed E-state index contributed by atoms with van der Waals surface area (Å²) in [5, 5.41) is 0. The number of anilines is 1. The summed E-state index contributed by atoms with van der Waals surface area (Å²) in [6.45, 7) is 0. The van der Waals surface area contributed by atoms with Gasteiger partial charge in [-0.25, -0.2) is 4.39 Å². The minimum atomic E-state index is -0.443. The number of nitrogens with two attached hydrogens (primary N) is 1. The number of likely N-dealkylation sites (N-methyl/N-ethyl adjacent to an activating group) is 1. The second kappa shape index (κ2) is 5.24. The Morgan fingerprint density at radius 1 is 1.29 bits per heavy atom. The van der Waals surface area contributed by atoms with Crippen LogP contribution >= 0.6 is 15.9 Å². The summed E-state index contributed by atoms with van der Waals surface area (Å²) in [6, 6.07) is 9.73. The normalized spacial score (nSPS) is 15.2. The second-order valence-electron chi connectivity index (χ2n) is 5.16. The van der Waals surface area contributed by atoms with E-state index in [-0.39, 0.29) is 11.7 Å². The van der Waals surface area contributed by atoms with Gasteiger partial charge in [-0.2, -0.15) is 0 Å². The van der Waals surface area contributed by atoms with Crippen LogP contribution in [0.3, 0.4) is 0 Å².